The molecule has 260 valence electrons. The highest BCUT2D eigenvalue weighted by Crippen LogP contribution is 2.46. The number of benzene rings is 2. The molecule has 5 rings (SSSR count). The lowest BCUT2D eigenvalue weighted by Gasteiger charge is -2.36. The predicted molar refractivity (Wildman–Crippen MR) is 176 cm³/mol. The second-order valence-corrected chi connectivity index (χ2v) is 13.8. The molecule has 0 radical (unpaired) electrons. The fourth-order valence-electron chi connectivity index (χ4n) is 6.53. The number of methoxy groups -OCH3 is 1. The van der Waals surface area contributed by atoms with Crippen LogP contribution >= 0.6 is 0 Å². The van der Waals surface area contributed by atoms with Crippen molar-refractivity contribution in [3.63, 3.8) is 0 Å². The van der Waals surface area contributed by atoms with Crippen LogP contribution < -0.4 is 19.9 Å². The van der Waals surface area contributed by atoms with E-state index in [9.17, 15) is 26.3 Å². The van der Waals surface area contributed by atoms with E-state index < -0.39 is 23.5 Å². The molecule has 12 heteroatoms. The Morgan fingerprint density at radius 2 is 1.54 bits per heavy atom. The molecule has 0 unspecified atom stereocenters. The number of nitrogens with one attached hydrogen (secondary N) is 1. The number of aromatic nitrogens is 2. The highest BCUT2D eigenvalue weighted by atomic mass is 19.4. The van der Waals surface area contributed by atoms with Gasteiger partial charge >= 0.3 is 12.4 Å². The first-order valence-electron chi connectivity index (χ1n) is 16.2. The van der Waals surface area contributed by atoms with Gasteiger partial charge in [0.2, 0.25) is 5.95 Å². The lowest BCUT2D eigenvalue weighted by Crippen LogP contribution is -2.43. The zero-order valence-corrected chi connectivity index (χ0v) is 28.0. The van der Waals surface area contributed by atoms with E-state index in [4.69, 9.17) is 4.74 Å². The normalized spacial score (nSPS) is 17.2. The van der Waals surface area contributed by atoms with Gasteiger partial charge in [0, 0.05) is 44.8 Å². The minimum Gasteiger partial charge on any atom is -0.496 e. The highest BCUT2D eigenvalue weighted by Gasteiger charge is 2.37. The molecule has 1 aliphatic carbocycles. The second-order valence-electron chi connectivity index (χ2n) is 13.8. The maximum absolute atomic E-state index is 13.8. The van der Waals surface area contributed by atoms with E-state index in [0.29, 0.717) is 12.2 Å². The number of rotatable bonds is 9. The molecule has 1 aliphatic heterocycles. The lowest BCUT2D eigenvalue weighted by atomic mass is 9.72. The molecule has 0 bridgehead atoms. The van der Waals surface area contributed by atoms with Crippen LogP contribution in [0.25, 0.3) is 5.57 Å². The van der Waals surface area contributed by atoms with Crippen molar-refractivity contribution in [2.75, 3.05) is 49.6 Å². The summed E-state index contributed by atoms with van der Waals surface area (Å²) < 4.78 is 88.8. The van der Waals surface area contributed by atoms with E-state index in [1.165, 1.54) is 0 Å². The zero-order chi connectivity index (χ0) is 34.9. The summed E-state index contributed by atoms with van der Waals surface area (Å²) >= 11 is 0. The smallest absolute Gasteiger partial charge is 0.416 e. The van der Waals surface area contributed by atoms with Crippen molar-refractivity contribution in [2.24, 2.45) is 5.41 Å². The topological polar surface area (TPSA) is 53.5 Å². The number of hydrogen-bond donors (Lipinski definition) is 1. The molecular formula is C36H43F6N5O. The molecule has 48 heavy (non-hydrogen) atoms. The van der Waals surface area contributed by atoms with Crippen LogP contribution in [-0.4, -0.2) is 49.8 Å². The molecule has 0 spiro atoms. The summed E-state index contributed by atoms with van der Waals surface area (Å²) in [4.78, 5) is 13.1. The van der Waals surface area contributed by atoms with E-state index in [0.717, 1.165) is 79.1 Å². The maximum atomic E-state index is 13.8. The van der Waals surface area contributed by atoms with Crippen LogP contribution in [0, 0.1) is 5.41 Å². The molecule has 6 nitrogen and oxygen atoms in total. The Balaban J connectivity index is 1.62. The Bertz CT molecular complexity index is 1580. The highest BCUT2D eigenvalue weighted by molar-refractivity contribution is 5.75. The third kappa shape index (κ3) is 8.43. The summed E-state index contributed by atoms with van der Waals surface area (Å²) in [7, 11) is 1.62. The van der Waals surface area contributed by atoms with Crippen molar-refractivity contribution in [2.45, 2.75) is 71.8 Å². The molecule has 3 aromatic rings. The number of halogens is 6. The Labute approximate surface area is 278 Å². The number of piperazine rings is 1. The first-order chi connectivity index (χ1) is 22.5. The Hall–Kier alpha value is -3.80. The molecule has 0 saturated carbocycles. The number of hydrogen-bond acceptors (Lipinski definition) is 6. The van der Waals surface area contributed by atoms with E-state index in [2.05, 4.69) is 53.9 Å². The summed E-state index contributed by atoms with van der Waals surface area (Å²) in [6.45, 7) is 11.6. The minimum atomic E-state index is -4.95. The van der Waals surface area contributed by atoms with Gasteiger partial charge in [-0.1, -0.05) is 33.8 Å². The van der Waals surface area contributed by atoms with Gasteiger partial charge in [-0.3, -0.25) is 0 Å². The summed E-state index contributed by atoms with van der Waals surface area (Å²) in [5, 5.41) is 3.29. The van der Waals surface area contributed by atoms with E-state index in [-0.39, 0.29) is 42.0 Å². The van der Waals surface area contributed by atoms with Gasteiger partial charge in [0.15, 0.2) is 0 Å². The molecule has 1 saturated heterocycles. The molecule has 2 heterocycles. The molecule has 1 aromatic heterocycles. The zero-order valence-electron chi connectivity index (χ0n) is 28.0. The summed E-state index contributed by atoms with van der Waals surface area (Å²) in [6, 6.07) is 7.84. The third-order valence-corrected chi connectivity index (χ3v) is 9.18. The van der Waals surface area contributed by atoms with Crippen LogP contribution in [0.3, 0.4) is 0 Å². The van der Waals surface area contributed by atoms with Crippen LogP contribution in [0.1, 0.15) is 80.7 Å². The van der Waals surface area contributed by atoms with Crippen LogP contribution in [0.2, 0.25) is 0 Å². The molecule has 1 N–H and O–H groups in total. The second kappa shape index (κ2) is 14.0. The molecule has 2 aliphatic rings. The van der Waals surface area contributed by atoms with Crippen molar-refractivity contribution in [3.8, 4) is 5.75 Å². The minimum absolute atomic E-state index is 0.0833. The summed E-state index contributed by atoms with van der Waals surface area (Å²) in [5.41, 5.74) is 2.04. The van der Waals surface area contributed by atoms with Crippen molar-refractivity contribution in [1.82, 2.24) is 15.3 Å². The van der Waals surface area contributed by atoms with E-state index in [1.807, 2.05) is 12.1 Å². The van der Waals surface area contributed by atoms with Gasteiger partial charge in [-0.25, -0.2) is 9.97 Å². The summed E-state index contributed by atoms with van der Waals surface area (Å²) in [6.07, 6.45) is -4.26. The van der Waals surface area contributed by atoms with Gasteiger partial charge < -0.3 is 19.9 Å². The fraction of sp³-hybridized carbons (Fsp3) is 0.500. The monoisotopic (exact) mass is 675 g/mol. The molecule has 2 aromatic carbocycles. The fourth-order valence-corrected chi connectivity index (χ4v) is 6.53. The molecule has 0 amide bonds. The van der Waals surface area contributed by atoms with E-state index >= 15 is 0 Å². The molecule has 1 fully saturated rings. The van der Waals surface area contributed by atoms with Crippen molar-refractivity contribution >= 4 is 17.2 Å². The maximum Gasteiger partial charge on any atom is 0.416 e. The molecule has 0 atom stereocenters. The molecular weight excluding hydrogens is 632 g/mol. The largest absolute Gasteiger partial charge is 0.496 e. The average molecular weight is 676 g/mol. The lowest BCUT2D eigenvalue weighted by molar-refractivity contribution is -0.143. The van der Waals surface area contributed by atoms with Gasteiger partial charge in [-0.05, 0) is 83.2 Å². The van der Waals surface area contributed by atoms with Crippen molar-refractivity contribution < 1.29 is 31.1 Å². The summed E-state index contributed by atoms with van der Waals surface area (Å²) in [5.74, 6) is 1.20. The third-order valence-electron chi connectivity index (χ3n) is 9.18. The number of alkyl halides is 6. The SMILES string of the molecule is COc1ccc(C(C)C)cc1C1=C(CN(Cc2cc(C(F)(F)F)cc(C(F)(F)F)c2)c2ncc(N3CCNCC3)cn2)CC(C)(C)CC1. The average Bonchev–Trinajstić information content (AvgIpc) is 3.03. The number of ether oxygens (including phenoxy) is 1. The van der Waals surface area contributed by atoms with Crippen LogP contribution in [-0.2, 0) is 18.9 Å². The van der Waals surface area contributed by atoms with Crippen LogP contribution in [0.15, 0.2) is 54.4 Å². The quantitative estimate of drug-likeness (QED) is 0.229. The van der Waals surface area contributed by atoms with Crippen LogP contribution in [0.4, 0.5) is 38.0 Å². The van der Waals surface area contributed by atoms with Gasteiger partial charge in [0.25, 0.3) is 0 Å². The Morgan fingerprint density at radius 1 is 0.917 bits per heavy atom. The Morgan fingerprint density at radius 3 is 2.10 bits per heavy atom. The first-order valence-corrected chi connectivity index (χ1v) is 16.2. The van der Waals surface area contributed by atoms with Gasteiger partial charge in [0.1, 0.15) is 5.75 Å². The predicted octanol–water partition coefficient (Wildman–Crippen LogP) is 8.73. The van der Waals surface area contributed by atoms with Gasteiger partial charge in [0.05, 0.1) is 36.3 Å². The number of allylic oxidation sites excluding steroid dienone is 1. The van der Waals surface area contributed by atoms with Crippen molar-refractivity contribution in [3.05, 3.63) is 82.2 Å². The van der Waals surface area contributed by atoms with Gasteiger partial charge in [-0.2, -0.15) is 26.3 Å². The van der Waals surface area contributed by atoms with Gasteiger partial charge in [-0.15, -0.1) is 0 Å². The number of nitrogens with zero attached hydrogens (tertiary/aromatic N) is 4. The van der Waals surface area contributed by atoms with Crippen LogP contribution in [0.5, 0.6) is 5.75 Å². The first kappa shape index (κ1) is 35.5. The Kier molecular flexibility index (Phi) is 10.3. The standard InChI is InChI=1S/C36H43F6N5O/c1-23(2)25-6-7-32(48-5)31(16-25)30-8-9-34(3,4)18-26(30)22-47(33-44-19-29(20-45-33)46-12-10-43-11-13-46)21-24-14-27(35(37,38)39)17-28(15-24)36(40,41)42/h6-7,14-17,19-20,23,43H,8-13,18,21-22H2,1-5H3. The van der Waals surface area contributed by atoms with E-state index in [1.54, 1.807) is 24.4 Å². The number of anilines is 2. The van der Waals surface area contributed by atoms with Crippen molar-refractivity contribution in [1.29, 1.82) is 0 Å².